The van der Waals surface area contributed by atoms with Crippen LogP contribution in [0.15, 0.2) is 24.3 Å². The number of rotatable bonds is 3. The van der Waals surface area contributed by atoms with Crippen molar-refractivity contribution in [2.24, 2.45) is 0 Å². The summed E-state index contributed by atoms with van der Waals surface area (Å²) in [5, 5.41) is 5.82. The maximum atomic E-state index is 10.2. The van der Waals surface area contributed by atoms with Gasteiger partial charge >= 0.3 is 0 Å². The van der Waals surface area contributed by atoms with Gasteiger partial charge in [-0.25, -0.2) is 5.32 Å². The minimum Gasteiger partial charge on any atom is -0.329 e. The predicted molar refractivity (Wildman–Crippen MR) is 62.5 cm³/mol. The van der Waals surface area contributed by atoms with E-state index in [1.165, 1.54) is 0 Å². The van der Waals surface area contributed by atoms with Crippen LogP contribution in [0.2, 0.25) is 0 Å². The lowest BCUT2D eigenvalue weighted by atomic mass is 10.3. The van der Waals surface area contributed by atoms with Crippen molar-refractivity contribution in [3.63, 3.8) is 0 Å². The van der Waals surface area contributed by atoms with E-state index in [-0.39, 0.29) is 0 Å². The van der Waals surface area contributed by atoms with Crippen molar-refractivity contribution in [1.29, 1.82) is 0 Å². The zero-order chi connectivity index (χ0) is 11.3. The van der Waals surface area contributed by atoms with Gasteiger partial charge in [-0.3, -0.25) is 9.37 Å². The molecule has 0 aliphatic rings. The molecule has 0 saturated heterocycles. The van der Waals surface area contributed by atoms with Crippen LogP contribution in [-0.4, -0.2) is 30.9 Å². The van der Waals surface area contributed by atoms with Crippen molar-refractivity contribution in [1.82, 2.24) is 0 Å². The number of carbonyl (C=O) groups is 1. The molecule has 15 heavy (non-hydrogen) atoms. The summed E-state index contributed by atoms with van der Waals surface area (Å²) in [7, 11) is 3.95. The van der Waals surface area contributed by atoms with Gasteiger partial charge < -0.3 is 5.32 Å². The third-order valence-corrected chi connectivity index (χ3v) is 2.11. The predicted octanol–water partition coefficient (Wildman–Crippen LogP) is 1.36. The second-order valence-corrected chi connectivity index (χ2v) is 3.44. The fourth-order valence-corrected chi connectivity index (χ4v) is 1.04. The van der Waals surface area contributed by atoms with Gasteiger partial charge in [-0.2, -0.15) is 0 Å². The SMILES string of the molecule is CC(Nc1ccc(NC=O)cc1)=[N+](C)C. The second-order valence-electron chi connectivity index (χ2n) is 3.44. The highest BCUT2D eigenvalue weighted by molar-refractivity contribution is 5.90. The molecule has 1 rings (SSSR count). The van der Waals surface area contributed by atoms with Gasteiger partial charge in [-0.1, -0.05) is 0 Å². The number of nitrogens with zero attached hydrogens (tertiary/aromatic N) is 1. The van der Waals surface area contributed by atoms with Gasteiger partial charge in [0.25, 0.3) is 0 Å². The number of nitrogens with one attached hydrogen (secondary N) is 2. The Morgan fingerprint density at radius 2 is 1.73 bits per heavy atom. The summed E-state index contributed by atoms with van der Waals surface area (Å²) in [6.07, 6.45) is 0.666. The number of hydrogen-bond acceptors (Lipinski definition) is 1. The molecular weight excluding hydrogens is 190 g/mol. The molecule has 0 aromatic heterocycles. The van der Waals surface area contributed by atoms with E-state index in [1.54, 1.807) is 0 Å². The van der Waals surface area contributed by atoms with Crippen LogP contribution in [-0.2, 0) is 4.79 Å². The first-order valence-corrected chi connectivity index (χ1v) is 4.71. The molecule has 0 atom stereocenters. The van der Waals surface area contributed by atoms with Gasteiger partial charge in [-0.05, 0) is 24.3 Å². The second kappa shape index (κ2) is 5.14. The monoisotopic (exact) mass is 206 g/mol. The number of amides is 1. The van der Waals surface area contributed by atoms with Gasteiger partial charge in [0.05, 0.1) is 14.1 Å². The van der Waals surface area contributed by atoms with Crippen molar-refractivity contribution in [3.8, 4) is 0 Å². The third-order valence-electron chi connectivity index (χ3n) is 2.11. The van der Waals surface area contributed by atoms with Crippen molar-refractivity contribution < 1.29 is 9.37 Å². The van der Waals surface area contributed by atoms with E-state index in [2.05, 4.69) is 10.6 Å². The molecule has 4 heteroatoms. The van der Waals surface area contributed by atoms with E-state index in [0.717, 1.165) is 17.2 Å². The molecule has 1 aromatic rings. The Morgan fingerprint density at radius 1 is 1.20 bits per heavy atom. The minimum absolute atomic E-state index is 0.666. The van der Waals surface area contributed by atoms with Gasteiger partial charge in [0, 0.05) is 12.6 Å². The van der Waals surface area contributed by atoms with E-state index in [1.807, 2.05) is 49.9 Å². The summed E-state index contributed by atoms with van der Waals surface area (Å²) in [6.45, 7) is 2.00. The average Bonchev–Trinajstić information content (AvgIpc) is 2.21. The van der Waals surface area contributed by atoms with Crippen LogP contribution >= 0.6 is 0 Å². The molecule has 1 amide bonds. The number of amidine groups is 1. The average molecular weight is 206 g/mol. The van der Waals surface area contributed by atoms with Gasteiger partial charge in [0.15, 0.2) is 0 Å². The zero-order valence-corrected chi connectivity index (χ0v) is 9.24. The van der Waals surface area contributed by atoms with E-state index in [9.17, 15) is 4.79 Å². The Kier molecular flexibility index (Phi) is 3.85. The molecule has 80 valence electrons. The van der Waals surface area contributed by atoms with Crippen LogP contribution in [0, 0.1) is 0 Å². The van der Waals surface area contributed by atoms with Crippen LogP contribution in [0.25, 0.3) is 0 Å². The van der Waals surface area contributed by atoms with E-state index >= 15 is 0 Å². The summed E-state index contributed by atoms with van der Waals surface area (Å²) in [5.74, 6) is 1.06. The lowest BCUT2D eigenvalue weighted by Crippen LogP contribution is -2.18. The van der Waals surface area contributed by atoms with Gasteiger partial charge in [-0.15, -0.1) is 0 Å². The van der Waals surface area contributed by atoms with Crippen LogP contribution < -0.4 is 10.6 Å². The minimum atomic E-state index is 0.666. The summed E-state index contributed by atoms with van der Waals surface area (Å²) < 4.78 is 2.00. The standard InChI is InChI=1S/C11H15N3O/c1-9(14(2)3)13-11-6-4-10(5-7-11)12-8-15/h4-8H,1-3H3,(H,12,15)/p+1. The Morgan fingerprint density at radius 3 is 2.20 bits per heavy atom. The highest BCUT2D eigenvalue weighted by Gasteiger charge is 2.02. The van der Waals surface area contributed by atoms with E-state index < -0.39 is 0 Å². The molecular formula is C11H16N3O+. The Labute approximate surface area is 89.6 Å². The quantitative estimate of drug-likeness (QED) is 0.339. The molecule has 0 spiro atoms. The number of anilines is 2. The fourth-order valence-electron chi connectivity index (χ4n) is 1.04. The largest absolute Gasteiger partial charge is 0.329 e. The Balaban J connectivity index is 2.72. The summed E-state index contributed by atoms with van der Waals surface area (Å²) in [6, 6.07) is 7.52. The molecule has 0 unspecified atom stereocenters. The number of carbonyl (C=O) groups excluding carboxylic acids is 1. The summed E-state index contributed by atoms with van der Waals surface area (Å²) in [5.41, 5.74) is 1.79. The first-order chi connectivity index (χ1) is 7.13. The lowest BCUT2D eigenvalue weighted by Gasteiger charge is -2.02. The molecule has 2 N–H and O–H groups in total. The molecule has 0 bridgehead atoms. The molecule has 0 aliphatic heterocycles. The highest BCUT2D eigenvalue weighted by atomic mass is 16.1. The van der Waals surface area contributed by atoms with Gasteiger partial charge in [0.2, 0.25) is 12.2 Å². The molecule has 1 aromatic carbocycles. The van der Waals surface area contributed by atoms with Gasteiger partial charge in [0.1, 0.15) is 5.69 Å². The van der Waals surface area contributed by atoms with Crippen molar-refractivity contribution in [2.45, 2.75) is 6.92 Å². The maximum Gasteiger partial charge on any atom is 0.246 e. The van der Waals surface area contributed by atoms with Crippen LogP contribution in [0.4, 0.5) is 11.4 Å². The first-order valence-electron chi connectivity index (χ1n) is 4.71. The molecule has 0 heterocycles. The number of hydrogen-bond donors (Lipinski definition) is 2. The van der Waals surface area contributed by atoms with Crippen LogP contribution in [0.3, 0.4) is 0 Å². The third kappa shape index (κ3) is 3.42. The summed E-state index contributed by atoms with van der Waals surface area (Å²) >= 11 is 0. The zero-order valence-electron chi connectivity index (χ0n) is 9.24. The van der Waals surface area contributed by atoms with E-state index in [0.29, 0.717) is 6.41 Å². The number of benzene rings is 1. The van der Waals surface area contributed by atoms with Crippen LogP contribution in [0.5, 0.6) is 0 Å². The molecule has 4 nitrogen and oxygen atoms in total. The molecule has 0 radical (unpaired) electrons. The smallest absolute Gasteiger partial charge is 0.246 e. The molecule has 0 aliphatic carbocycles. The Hall–Kier alpha value is -1.84. The highest BCUT2D eigenvalue weighted by Crippen LogP contribution is 2.12. The topological polar surface area (TPSA) is 44.1 Å². The van der Waals surface area contributed by atoms with Crippen LogP contribution in [0.1, 0.15) is 6.92 Å². The normalized spacial score (nSPS) is 9.27. The maximum absolute atomic E-state index is 10.2. The molecule has 0 saturated carbocycles. The lowest BCUT2D eigenvalue weighted by molar-refractivity contribution is -0.464. The summed E-state index contributed by atoms with van der Waals surface area (Å²) in [4.78, 5) is 10.2. The van der Waals surface area contributed by atoms with Crippen molar-refractivity contribution in [3.05, 3.63) is 24.3 Å². The molecule has 0 fully saturated rings. The first kappa shape index (κ1) is 11.2. The van der Waals surface area contributed by atoms with Crippen molar-refractivity contribution >= 4 is 23.6 Å². The Bertz CT molecular complexity index is 364. The fraction of sp³-hybridized carbons (Fsp3) is 0.273. The van der Waals surface area contributed by atoms with E-state index in [4.69, 9.17) is 0 Å². The van der Waals surface area contributed by atoms with Crippen molar-refractivity contribution in [2.75, 3.05) is 24.7 Å².